The summed E-state index contributed by atoms with van der Waals surface area (Å²) in [5.74, 6) is -0.543. The third kappa shape index (κ3) is 4.02. The van der Waals surface area contributed by atoms with E-state index in [4.69, 9.17) is 0 Å². The molecule has 0 fully saturated rings. The zero-order valence-electron chi connectivity index (χ0n) is 11.1. The minimum atomic E-state index is -0.313. The molecule has 4 heteroatoms. The maximum absolute atomic E-state index is 12.7. The zero-order valence-corrected chi connectivity index (χ0v) is 11.1. The number of hydrogen-bond donors (Lipinski definition) is 1. The van der Waals surface area contributed by atoms with Crippen molar-refractivity contribution >= 4 is 11.6 Å². The van der Waals surface area contributed by atoms with Gasteiger partial charge in [0.2, 0.25) is 5.91 Å². The summed E-state index contributed by atoms with van der Waals surface area (Å²) >= 11 is 0. The minimum Gasteiger partial charge on any atom is -0.273 e. The summed E-state index contributed by atoms with van der Waals surface area (Å²) < 4.78 is 12.7. The molecule has 0 saturated heterocycles. The van der Waals surface area contributed by atoms with Crippen LogP contribution in [0, 0.1) is 5.82 Å². The molecular formula is C16H15FN2O. The van der Waals surface area contributed by atoms with Gasteiger partial charge in [-0.25, -0.2) is 9.82 Å². The minimum absolute atomic E-state index is 0.172. The molecule has 0 aliphatic rings. The summed E-state index contributed by atoms with van der Waals surface area (Å²) in [6.07, 6.45) is 0.172. The second-order valence-electron chi connectivity index (χ2n) is 4.40. The van der Waals surface area contributed by atoms with Crippen LogP contribution < -0.4 is 5.43 Å². The van der Waals surface area contributed by atoms with Crippen LogP contribution in [0.5, 0.6) is 0 Å². The molecule has 2 rings (SSSR count). The number of hydrogen-bond acceptors (Lipinski definition) is 2. The molecule has 2 aromatic rings. The highest BCUT2D eigenvalue weighted by atomic mass is 19.1. The first kappa shape index (κ1) is 13.9. The van der Waals surface area contributed by atoms with Crippen LogP contribution in [0.4, 0.5) is 4.39 Å². The van der Waals surface area contributed by atoms with Crippen molar-refractivity contribution in [2.45, 2.75) is 13.3 Å². The molecule has 0 aromatic heterocycles. The lowest BCUT2D eigenvalue weighted by molar-refractivity contribution is -0.120. The average Bonchev–Trinajstić information content (AvgIpc) is 2.48. The quantitative estimate of drug-likeness (QED) is 0.673. The molecule has 0 unspecified atom stereocenters. The number of nitrogens with one attached hydrogen (secondary N) is 1. The Kier molecular flexibility index (Phi) is 4.60. The second-order valence-corrected chi connectivity index (χ2v) is 4.40. The van der Waals surface area contributed by atoms with Crippen molar-refractivity contribution in [3.8, 4) is 0 Å². The SMILES string of the molecule is C/C(=N/NC(=O)Cc1ccc(F)cc1)c1ccccc1. The number of hydrazone groups is 1. The Morgan fingerprint density at radius 2 is 1.75 bits per heavy atom. The number of rotatable bonds is 4. The summed E-state index contributed by atoms with van der Waals surface area (Å²) in [6.45, 7) is 1.83. The third-order valence-corrected chi connectivity index (χ3v) is 2.82. The fourth-order valence-corrected chi connectivity index (χ4v) is 1.72. The Labute approximate surface area is 117 Å². The Morgan fingerprint density at radius 3 is 2.40 bits per heavy atom. The molecule has 0 bridgehead atoms. The van der Waals surface area contributed by atoms with Crippen LogP contribution >= 0.6 is 0 Å². The first-order valence-corrected chi connectivity index (χ1v) is 6.28. The van der Waals surface area contributed by atoms with Crippen molar-refractivity contribution in [1.82, 2.24) is 5.43 Å². The van der Waals surface area contributed by atoms with Gasteiger partial charge in [-0.1, -0.05) is 42.5 Å². The summed E-state index contributed by atoms with van der Waals surface area (Å²) in [5, 5.41) is 4.05. The van der Waals surface area contributed by atoms with Crippen molar-refractivity contribution < 1.29 is 9.18 Å². The molecule has 3 nitrogen and oxygen atoms in total. The Hall–Kier alpha value is -2.49. The van der Waals surface area contributed by atoms with Crippen molar-refractivity contribution in [2.75, 3.05) is 0 Å². The smallest absolute Gasteiger partial charge is 0.244 e. The van der Waals surface area contributed by atoms with Gasteiger partial charge in [0, 0.05) is 0 Å². The highest BCUT2D eigenvalue weighted by Gasteiger charge is 2.03. The summed E-state index contributed by atoms with van der Waals surface area (Å²) in [7, 11) is 0. The highest BCUT2D eigenvalue weighted by Crippen LogP contribution is 2.04. The molecule has 1 N–H and O–H groups in total. The third-order valence-electron chi connectivity index (χ3n) is 2.82. The molecule has 2 aromatic carbocycles. The van der Waals surface area contributed by atoms with E-state index in [0.29, 0.717) is 0 Å². The van der Waals surface area contributed by atoms with Crippen LogP contribution in [0.1, 0.15) is 18.1 Å². The number of amides is 1. The molecule has 20 heavy (non-hydrogen) atoms. The average molecular weight is 270 g/mol. The lowest BCUT2D eigenvalue weighted by Crippen LogP contribution is -2.21. The van der Waals surface area contributed by atoms with E-state index >= 15 is 0 Å². The first-order valence-electron chi connectivity index (χ1n) is 6.28. The van der Waals surface area contributed by atoms with Gasteiger partial charge < -0.3 is 0 Å². The lowest BCUT2D eigenvalue weighted by Gasteiger charge is -2.03. The number of carbonyl (C=O) groups excluding carboxylic acids is 1. The number of nitrogens with zero attached hydrogens (tertiary/aromatic N) is 1. The van der Waals surface area contributed by atoms with E-state index in [9.17, 15) is 9.18 Å². The van der Waals surface area contributed by atoms with Crippen LogP contribution in [-0.4, -0.2) is 11.6 Å². The van der Waals surface area contributed by atoms with Gasteiger partial charge in [-0.15, -0.1) is 0 Å². The lowest BCUT2D eigenvalue weighted by atomic mass is 10.1. The van der Waals surface area contributed by atoms with Crippen molar-refractivity contribution in [3.63, 3.8) is 0 Å². The van der Waals surface area contributed by atoms with Gasteiger partial charge in [-0.3, -0.25) is 4.79 Å². The van der Waals surface area contributed by atoms with Crippen LogP contribution in [0.2, 0.25) is 0 Å². The van der Waals surface area contributed by atoms with Gasteiger partial charge in [0.15, 0.2) is 0 Å². The van der Waals surface area contributed by atoms with E-state index < -0.39 is 0 Å². The molecule has 0 aliphatic heterocycles. The Balaban J connectivity index is 1.93. The molecule has 0 spiro atoms. The van der Waals surface area contributed by atoms with Gasteiger partial charge in [0.25, 0.3) is 0 Å². The van der Waals surface area contributed by atoms with Crippen molar-refractivity contribution in [3.05, 3.63) is 71.5 Å². The van der Waals surface area contributed by atoms with E-state index in [0.717, 1.165) is 16.8 Å². The van der Waals surface area contributed by atoms with Crippen molar-refractivity contribution in [2.24, 2.45) is 5.10 Å². The van der Waals surface area contributed by atoms with Crippen LogP contribution in [0.25, 0.3) is 0 Å². The number of halogens is 1. The predicted molar refractivity (Wildman–Crippen MR) is 76.9 cm³/mol. The molecule has 0 aliphatic carbocycles. The molecule has 0 saturated carbocycles. The fourth-order valence-electron chi connectivity index (χ4n) is 1.72. The van der Waals surface area contributed by atoms with Crippen LogP contribution in [0.3, 0.4) is 0 Å². The van der Waals surface area contributed by atoms with E-state index in [1.165, 1.54) is 12.1 Å². The normalized spacial score (nSPS) is 11.2. The number of carbonyl (C=O) groups is 1. The fraction of sp³-hybridized carbons (Fsp3) is 0.125. The largest absolute Gasteiger partial charge is 0.273 e. The maximum Gasteiger partial charge on any atom is 0.244 e. The topological polar surface area (TPSA) is 41.5 Å². The zero-order chi connectivity index (χ0) is 14.4. The summed E-state index contributed by atoms with van der Waals surface area (Å²) in [4.78, 5) is 11.7. The van der Waals surface area contributed by atoms with Gasteiger partial charge in [0.05, 0.1) is 12.1 Å². The summed E-state index contributed by atoms with van der Waals surface area (Å²) in [6, 6.07) is 15.4. The van der Waals surface area contributed by atoms with Gasteiger partial charge in [-0.05, 0) is 30.2 Å². The van der Waals surface area contributed by atoms with Crippen LogP contribution in [-0.2, 0) is 11.2 Å². The Bertz CT molecular complexity index is 606. The van der Waals surface area contributed by atoms with E-state index in [-0.39, 0.29) is 18.1 Å². The van der Waals surface area contributed by atoms with Gasteiger partial charge in [-0.2, -0.15) is 5.10 Å². The number of benzene rings is 2. The molecular weight excluding hydrogens is 255 g/mol. The van der Waals surface area contributed by atoms with E-state index in [1.807, 2.05) is 37.3 Å². The Morgan fingerprint density at radius 1 is 1.10 bits per heavy atom. The molecule has 1 amide bonds. The molecule has 102 valence electrons. The van der Waals surface area contributed by atoms with Crippen molar-refractivity contribution in [1.29, 1.82) is 0 Å². The monoisotopic (exact) mass is 270 g/mol. The molecule has 0 atom stereocenters. The second kappa shape index (κ2) is 6.61. The highest BCUT2D eigenvalue weighted by molar-refractivity contribution is 5.99. The first-order chi connectivity index (χ1) is 9.65. The standard InChI is InChI=1S/C16H15FN2O/c1-12(14-5-3-2-4-6-14)18-19-16(20)11-13-7-9-15(17)10-8-13/h2-10H,11H2,1H3,(H,19,20)/b18-12-. The van der Waals surface area contributed by atoms with E-state index in [2.05, 4.69) is 10.5 Å². The van der Waals surface area contributed by atoms with Gasteiger partial charge >= 0.3 is 0 Å². The van der Waals surface area contributed by atoms with Crippen LogP contribution in [0.15, 0.2) is 59.7 Å². The van der Waals surface area contributed by atoms with Gasteiger partial charge in [0.1, 0.15) is 5.82 Å². The predicted octanol–water partition coefficient (Wildman–Crippen LogP) is 2.91. The summed E-state index contributed by atoms with van der Waals surface area (Å²) in [5.41, 5.74) is 4.93. The molecule has 0 heterocycles. The maximum atomic E-state index is 12.7. The molecule has 0 radical (unpaired) electrons. The van der Waals surface area contributed by atoms with E-state index in [1.54, 1.807) is 12.1 Å².